The molecule has 0 rings (SSSR count). The molecule has 0 aromatic rings. The van der Waals surface area contributed by atoms with E-state index in [1.54, 1.807) is 0 Å². The maximum atomic E-state index is 7.12. The highest BCUT2D eigenvalue weighted by Crippen LogP contribution is 1.69. The molecule has 0 aromatic heterocycles. The molecule has 0 spiro atoms. The van der Waals surface area contributed by atoms with Crippen molar-refractivity contribution in [2.45, 2.75) is 0 Å². The van der Waals surface area contributed by atoms with Crippen molar-refractivity contribution in [3.63, 3.8) is 0 Å². The summed E-state index contributed by atoms with van der Waals surface area (Å²) in [6.45, 7) is 0. The lowest BCUT2D eigenvalue weighted by Crippen LogP contribution is -2.31. The van der Waals surface area contributed by atoms with Crippen LogP contribution >= 0.6 is 0 Å². The lowest BCUT2D eigenvalue weighted by atomic mass is 12.8. The van der Waals surface area contributed by atoms with E-state index in [1.807, 2.05) is 0 Å². The highest BCUT2D eigenvalue weighted by molar-refractivity contribution is 2.56. The van der Waals surface area contributed by atoms with Crippen molar-refractivity contribution < 1.29 is 31.4 Å². The lowest BCUT2D eigenvalue weighted by Gasteiger charge is -1.94. The fourth-order valence-electron chi connectivity index (χ4n) is 0. The van der Waals surface area contributed by atoms with Gasteiger partial charge in [0.15, 0.2) is 0 Å². The van der Waals surface area contributed by atoms with Crippen LogP contribution in [0.2, 0.25) is 0 Å². The van der Waals surface area contributed by atoms with E-state index in [0.29, 0.717) is 0 Å². The first kappa shape index (κ1) is 9.23. The van der Waals surface area contributed by atoms with Gasteiger partial charge in [0.25, 0.3) is 0 Å². The van der Waals surface area contributed by atoms with Crippen molar-refractivity contribution in [1.29, 1.82) is 0 Å². The molecule has 0 unspecified atom stereocenters. The monoisotopic (exact) mass is 99.0 g/mol. The van der Waals surface area contributed by atoms with Crippen molar-refractivity contribution >= 4 is 0 Å². The summed E-state index contributed by atoms with van der Waals surface area (Å²) in [6.07, 6.45) is 0. The second-order valence-corrected chi connectivity index (χ2v) is 0.537. The summed E-state index contributed by atoms with van der Waals surface area (Å²) >= 11 is 0. The first-order valence-electron chi connectivity index (χ1n) is 0.800. The van der Waals surface area contributed by atoms with Gasteiger partial charge in [-0.25, -0.2) is 0 Å². The van der Waals surface area contributed by atoms with Crippen LogP contribution in [-0.4, -0.2) is 31.4 Å². The Balaban J connectivity index is 0. The quantitative estimate of drug-likeness (QED) is 0.234. The SMILES string of the molecule is O[N+](O)(O)O.[OH-]. The molecule has 40 valence electrons. The summed E-state index contributed by atoms with van der Waals surface area (Å²) in [5.74, 6) is 0. The van der Waals surface area contributed by atoms with E-state index in [0.717, 1.165) is 0 Å². The van der Waals surface area contributed by atoms with Crippen molar-refractivity contribution in [3.8, 4) is 0 Å². The van der Waals surface area contributed by atoms with Gasteiger partial charge in [-0.1, -0.05) is 0 Å². The van der Waals surface area contributed by atoms with E-state index in [-0.39, 0.29) is 5.48 Å². The number of nitrogens with zero attached hydrogens (tertiary/aromatic N) is 1. The van der Waals surface area contributed by atoms with Crippen LogP contribution in [0, 0.1) is 0 Å². The predicted octanol–water partition coefficient (Wildman–Crippen LogP) is -0.817. The summed E-state index contributed by atoms with van der Waals surface area (Å²) in [6, 6.07) is 0. The van der Waals surface area contributed by atoms with Gasteiger partial charge in [-0.15, -0.1) is 20.8 Å². The number of hydrogen-bond donors (Lipinski definition) is 4. The van der Waals surface area contributed by atoms with Crippen LogP contribution in [0.1, 0.15) is 0 Å². The van der Waals surface area contributed by atoms with Crippen LogP contribution in [0.5, 0.6) is 0 Å². The molecule has 6 heavy (non-hydrogen) atoms. The van der Waals surface area contributed by atoms with E-state index in [1.165, 1.54) is 0 Å². The smallest absolute Gasteiger partial charge is 0.237 e. The molecule has 0 aromatic carbocycles. The molecule has 0 aliphatic rings. The minimum Gasteiger partial charge on any atom is -0.870 e. The van der Waals surface area contributed by atoms with Crippen molar-refractivity contribution in [2.75, 3.05) is 0 Å². The van der Waals surface area contributed by atoms with E-state index in [4.69, 9.17) is 20.8 Å². The van der Waals surface area contributed by atoms with Gasteiger partial charge in [0, 0.05) is 0 Å². The summed E-state index contributed by atoms with van der Waals surface area (Å²) in [5, 5.41) is 25.5. The Morgan fingerprint density at radius 3 is 0.833 bits per heavy atom. The number of hydrogen-bond acceptors (Lipinski definition) is 5. The van der Waals surface area contributed by atoms with Crippen LogP contribution in [0.3, 0.4) is 0 Å². The van der Waals surface area contributed by atoms with Crippen LogP contribution in [0.15, 0.2) is 0 Å². The normalized spacial score (nSPS) is 10.0. The zero-order chi connectivity index (χ0) is 4.50. The molecule has 0 heterocycles. The molecule has 6 nitrogen and oxygen atoms in total. The predicted molar refractivity (Wildman–Crippen MR) is 9.34 cm³/mol. The van der Waals surface area contributed by atoms with Gasteiger partial charge in [0.1, 0.15) is 0 Å². The largest absolute Gasteiger partial charge is 0.870 e. The van der Waals surface area contributed by atoms with Gasteiger partial charge in [-0.05, 0) is 0 Å². The lowest BCUT2D eigenvalue weighted by molar-refractivity contribution is -1.48. The summed E-state index contributed by atoms with van der Waals surface area (Å²) in [7, 11) is 0. The molecule has 0 fully saturated rings. The molecular weight excluding hydrogens is 94.0 g/mol. The van der Waals surface area contributed by atoms with Crippen LogP contribution in [0.4, 0.5) is 0 Å². The van der Waals surface area contributed by atoms with Gasteiger partial charge in [-0.2, -0.15) is 0 Å². The zero-order valence-electron chi connectivity index (χ0n) is 2.68. The zero-order valence-corrected chi connectivity index (χ0v) is 2.68. The average Bonchev–Trinajstić information content (AvgIpc) is 0.722. The Hall–Kier alpha value is -0.240. The van der Waals surface area contributed by atoms with Crippen molar-refractivity contribution in [2.24, 2.45) is 0 Å². The van der Waals surface area contributed by atoms with Gasteiger partial charge >= 0.3 is 0 Å². The third-order valence-corrected chi connectivity index (χ3v) is 0. The van der Waals surface area contributed by atoms with E-state index >= 15 is 0 Å². The molecule has 0 bridgehead atoms. The molecule has 0 atom stereocenters. The number of quaternary nitrogens is 1. The van der Waals surface area contributed by atoms with Gasteiger partial charge in [0.05, 0.1) is 0 Å². The molecule has 0 radical (unpaired) electrons. The fraction of sp³-hybridized carbons (Fsp3) is 0. The Bertz CT molecular complexity index is 19.4. The summed E-state index contributed by atoms with van der Waals surface area (Å²) < 4.78 is 0. The first-order chi connectivity index (χ1) is 2.00. The molecular formula is H5NO5. The third kappa shape index (κ3) is 497. The standard InChI is InChI=1S/H4NO4.H2O/c2-1(3,4)5;/h2-5H;1H2/q+1;/p-1. The van der Waals surface area contributed by atoms with Gasteiger partial charge in [-0.3, -0.25) is 0 Å². The fourth-order valence-corrected chi connectivity index (χ4v) is 0. The number of rotatable bonds is 0. The van der Waals surface area contributed by atoms with E-state index in [9.17, 15) is 0 Å². The summed E-state index contributed by atoms with van der Waals surface area (Å²) in [4.78, 5) is 0. The highest BCUT2D eigenvalue weighted by atomic mass is 17.2. The maximum absolute atomic E-state index is 7.12. The van der Waals surface area contributed by atoms with Crippen LogP contribution in [0.25, 0.3) is 0 Å². The minimum atomic E-state index is -3.00. The first-order valence-corrected chi connectivity index (χ1v) is 0.800. The van der Waals surface area contributed by atoms with E-state index in [2.05, 4.69) is 0 Å². The molecule has 0 aliphatic carbocycles. The van der Waals surface area contributed by atoms with Crippen LogP contribution < -0.4 is 0 Å². The molecule has 0 amide bonds. The highest BCUT2D eigenvalue weighted by Gasteiger charge is 2.07. The third-order valence-electron chi connectivity index (χ3n) is 0. The Kier molecular flexibility index (Phi) is 3.12. The minimum absolute atomic E-state index is 0. The molecule has 5 N–H and O–H groups in total. The molecule has 6 heteroatoms. The Labute approximate surface area is 32.8 Å². The second-order valence-electron chi connectivity index (χ2n) is 0.537. The van der Waals surface area contributed by atoms with Gasteiger partial charge in [0.2, 0.25) is 5.14 Å². The molecule has 0 saturated carbocycles. The van der Waals surface area contributed by atoms with Crippen LogP contribution in [-0.2, 0) is 0 Å². The molecule has 0 aliphatic heterocycles. The topological polar surface area (TPSA) is 111 Å². The van der Waals surface area contributed by atoms with E-state index < -0.39 is 5.14 Å². The Morgan fingerprint density at radius 2 is 0.833 bits per heavy atom. The average molecular weight is 99.0 g/mol. The second kappa shape index (κ2) is 2.03. The van der Waals surface area contributed by atoms with Crippen molar-refractivity contribution in [1.82, 2.24) is 0 Å². The van der Waals surface area contributed by atoms with Gasteiger partial charge < -0.3 is 5.48 Å². The maximum Gasteiger partial charge on any atom is 0.237 e. The molecule has 0 saturated heterocycles. The summed E-state index contributed by atoms with van der Waals surface area (Å²) in [5.41, 5.74) is 0. The van der Waals surface area contributed by atoms with Crippen molar-refractivity contribution in [3.05, 3.63) is 0 Å². The Morgan fingerprint density at radius 1 is 0.833 bits per heavy atom.